The third-order valence-electron chi connectivity index (χ3n) is 3.23. The molecule has 0 aromatic rings. The Morgan fingerprint density at radius 2 is 1.09 bits per heavy atom. The average molecular weight is 175 g/mol. The van der Waals surface area contributed by atoms with Crippen molar-refractivity contribution < 1.29 is 0 Å². The van der Waals surface area contributed by atoms with Crippen LogP contribution >= 0.6 is 7.26 Å². The van der Waals surface area contributed by atoms with Gasteiger partial charge in [0.1, 0.15) is 0 Å². The lowest BCUT2D eigenvalue weighted by molar-refractivity contribution is 0.961. The van der Waals surface area contributed by atoms with Gasteiger partial charge in [-0.05, 0) is 41.5 Å². The smallest absolute Gasteiger partial charge is 0.0311 e. The van der Waals surface area contributed by atoms with Gasteiger partial charge in [0, 0.05) is 7.26 Å². The molecule has 11 heavy (non-hydrogen) atoms. The molecule has 0 aromatic heterocycles. The Morgan fingerprint density at radius 1 is 0.818 bits per heavy atom. The van der Waals surface area contributed by atoms with Crippen LogP contribution in [0.15, 0.2) is 0 Å². The molecule has 0 heterocycles. The first-order valence-corrected chi connectivity index (χ1v) is 7.17. The molecule has 0 aliphatic heterocycles. The fourth-order valence-corrected chi connectivity index (χ4v) is 6.84. The summed E-state index contributed by atoms with van der Waals surface area (Å²) in [6.07, 6.45) is 2.86. The highest BCUT2D eigenvalue weighted by Crippen LogP contribution is 2.65. The summed E-state index contributed by atoms with van der Waals surface area (Å²) in [6, 6.07) is 0. The van der Waals surface area contributed by atoms with E-state index in [1.165, 1.54) is 12.3 Å². The van der Waals surface area contributed by atoms with Crippen LogP contribution in [-0.2, 0) is 0 Å². The molecule has 0 bridgehead atoms. The highest BCUT2D eigenvalue weighted by atomic mass is 31.2. The molecule has 0 radical (unpaired) electrons. The standard InChI is InChI=1S/C10H24P/c1-7-11(8-2,9(3)4)10(5)6/h9-10H,7-8H2,1-6H3/q+1. The fourth-order valence-electron chi connectivity index (χ4n) is 2.28. The van der Waals surface area contributed by atoms with E-state index in [4.69, 9.17) is 0 Å². The summed E-state index contributed by atoms with van der Waals surface area (Å²) in [6.45, 7) is 14.4. The lowest BCUT2D eigenvalue weighted by atomic mass is 10.5. The van der Waals surface area contributed by atoms with Gasteiger partial charge in [0.2, 0.25) is 0 Å². The van der Waals surface area contributed by atoms with Crippen LogP contribution in [-0.4, -0.2) is 23.6 Å². The van der Waals surface area contributed by atoms with Crippen molar-refractivity contribution in [1.82, 2.24) is 0 Å². The molecule has 1 heteroatoms. The van der Waals surface area contributed by atoms with Gasteiger partial charge in [-0.2, -0.15) is 0 Å². The van der Waals surface area contributed by atoms with Crippen LogP contribution in [0.3, 0.4) is 0 Å². The van der Waals surface area contributed by atoms with E-state index in [1.807, 2.05) is 0 Å². The molecule has 0 aliphatic carbocycles. The highest BCUT2D eigenvalue weighted by Gasteiger charge is 2.40. The second kappa shape index (κ2) is 4.45. The zero-order valence-corrected chi connectivity index (χ0v) is 9.91. The Hall–Kier alpha value is 0.430. The normalized spacial score (nSPS) is 13.1. The summed E-state index contributed by atoms with van der Waals surface area (Å²) in [5.74, 6) is 0. The second-order valence-electron chi connectivity index (χ2n) is 3.92. The van der Waals surface area contributed by atoms with Crippen LogP contribution < -0.4 is 0 Å². The highest BCUT2D eigenvalue weighted by molar-refractivity contribution is 7.77. The van der Waals surface area contributed by atoms with Gasteiger partial charge in [0.15, 0.2) is 0 Å². The summed E-state index contributed by atoms with van der Waals surface area (Å²) in [5.41, 5.74) is 1.86. The Kier molecular flexibility index (Phi) is 4.63. The molecule has 0 aromatic carbocycles. The SMILES string of the molecule is CC[P+](CC)(C(C)C)C(C)C. The van der Waals surface area contributed by atoms with Crippen LogP contribution in [0.1, 0.15) is 41.5 Å². The minimum Gasteiger partial charge on any atom is -0.0311 e. The summed E-state index contributed by atoms with van der Waals surface area (Å²) in [4.78, 5) is 0. The predicted molar refractivity (Wildman–Crippen MR) is 58.3 cm³/mol. The molecule has 0 amide bonds. The first-order valence-electron chi connectivity index (χ1n) is 4.87. The van der Waals surface area contributed by atoms with E-state index < -0.39 is 7.26 Å². The maximum absolute atomic E-state index is 2.40. The maximum Gasteiger partial charge on any atom is 0.0643 e. The monoisotopic (exact) mass is 175 g/mol. The largest absolute Gasteiger partial charge is 0.0643 e. The molecular formula is C10H24P+. The van der Waals surface area contributed by atoms with E-state index in [0.29, 0.717) is 0 Å². The molecule has 0 N–H and O–H groups in total. The van der Waals surface area contributed by atoms with E-state index in [-0.39, 0.29) is 0 Å². The van der Waals surface area contributed by atoms with Crippen molar-refractivity contribution in [3.63, 3.8) is 0 Å². The van der Waals surface area contributed by atoms with Gasteiger partial charge in [-0.3, -0.25) is 0 Å². The molecule has 0 nitrogen and oxygen atoms in total. The number of rotatable bonds is 4. The van der Waals surface area contributed by atoms with Gasteiger partial charge in [-0.25, -0.2) is 0 Å². The lowest BCUT2D eigenvalue weighted by Gasteiger charge is -2.32. The second-order valence-corrected chi connectivity index (χ2v) is 9.46. The van der Waals surface area contributed by atoms with Crippen molar-refractivity contribution in [1.29, 1.82) is 0 Å². The molecule has 68 valence electrons. The first-order chi connectivity index (χ1) is 5.01. The minimum absolute atomic E-state index is 0.602. The Balaban J connectivity index is 4.46. The van der Waals surface area contributed by atoms with Crippen LogP contribution in [0.25, 0.3) is 0 Å². The quantitative estimate of drug-likeness (QED) is 0.569. The third-order valence-corrected chi connectivity index (χ3v) is 9.70. The summed E-state index contributed by atoms with van der Waals surface area (Å²) >= 11 is 0. The predicted octanol–water partition coefficient (Wildman–Crippen LogP) is 3.86. The Morgan fingerprint density at radius 3 is 1.09 bits per heavy atom. The van der Waals surface area contributed by atoms with E-state index >= 15 is 0 Å². The number of hydrogen-bond acceptors (Lipinski definition) is 0. The van der Waals surface area contributed by atoms with Crippen molar-refractivity contribution in [3.8, 4) is 0 Å². The number of hydrogen-bond donors (Lipinski definition) is 0. The van der Waals surface area contributed by atoms with E-state index in [2.05, 4.69) is 41.5 Å². The molecular weight excluding hydrogens is 151 g/mol. The van der Waals surface area contributed by atoms with Crippen LogP contribution in [0.4, 0.5) is 0 Å². The van der Waals surface area contributed by atoms with Gasteiger partial charge < -0.3 is 0 Å². The van der Waals surface area contributed by atoms with Gasteiger partial charge in [0.25, 0.3) is 0 Å². The van der Waals surface area contributed by atoms with Gasteiger partial charge in [-0.1, -0.05) is 0 Å². The van der Waals surface area contributed by atoms with Crippen LogP contribution in [0.2, 0.25) is 0 Å². The molecule has 0 fully saturated rings. The molecule has 0 spiro atoms. The summed E-state index contributed by atoms with van der Waals surface area (Å²) in [5, 5.41) is 0. The summed E-state index contributed by atoms with van der Waals surface area (Å²) < 4.78 is 0. The fraction of sp³-hybridized carbons (Fsp3) is 1.00. The maximum atomic E-state index is 2.40. The van der Waals surface area contributed by atoms with Crippen LogP contribution in [0.5, 0.6) is 0 Å². The molecule has 0 rings (SSSR count). The van der Waals surface area contributed by atoms with Gasteiger partial charge >= 0.3 is 0 Å². The van der Waals surface area contributed by atoms with Gasteiger partial charge in [-0.15, -0.1) is 0 Å². The van der Waals surface area contributed by atoms with Crippen LogP contribution in [0, 0.1) is 0 Å². The topological polar surface area (TPSA) is 0 Å². The summed E-state index contributed by atoms with van der Waals surface area (Å²) in [7, 11) is -0.602. The van der Waals surface area contributed by atoms with E-state index in [0.717, 1.165) is 11.3 Å². The van der Waals surface area contributed by atoms with Crippen molar-refractivity contribution in [3.05, 3.63) is 0 Å². The molecule has 0 saturated heterocycles. The minimum atomic E-state index is -0.602. The average Bonchev–Trinajstić information content (AvgIpc) is 1.90. The molecule has 0 unspecified atom stereocenters. The van der Waals surface area contributed by atoms with Crippen molar-refractivity contribution in [2.45, 2.75) is 52.9 Å². The zero-order chi connectivity index (χ0) is 9.07. The van der Waals surface area contributed by atoms with Crippen molar-refractivity contribution in [2.75, 3.05) is 12.3 Å². The van der Waals surface area contributed by atoms with Gasteiger partial charge in [0.05, 0.1) is 23.6 Å². The van der Waals surface area contributed by atoms with E-state index in [9.17, 15) is 0 Å². The Bertz CT molecular complexity index is 91.4. The molecule has 0 aliphatic rings. The molecule has 0 saturated carbocycles. The van der Waals surface area contributed by atoms with Crippen molar-refractivity contribution >= 4 is 7.26 Å². The third kappa shape index (κ3) is 2.18. The zero-order valence-electron chi connectivity index (χ0n) is 9.02. The molecule has 0 atom stereocenters. The lowest BCUT2D eigenvalue weighted by Crippen LogP contribution is -2.19. The van der Waals surface area contributed by atoms with Crippen molar-refractivity contribution in [2.24, 2.45) is 0 Å². The van der Waals surface area contributed by atoms with E-state index in [1.54, 1.807) is 0 Å². The first kappa shape index (κ1) is 11.4. The Labute approximate surface area is 73.1 Å².